The van der Waals surface area contributed by atoms with Gasteiger partial charge in [0.2, 0.25) is 5.91 Å². The van der Waals surface area contributed by atoms with Gasteiger partial charge in [0, 0.05) is 30.0 Å². The summed E-state index contributed by atoms with van der Waals surface area (Å²) in [6, 6.07) is 14.6. The van der Waals surface area contributed by atoms with Crippen molar-refractivity contribution in [2.75, 3.05) is 23.3 Å². The Bertz CT molecular complexity index is 824. The lowest BCUT2D eigenvalue weighted by atomic mass is 9.99. The molecule has 0 spiro atoms. The zero-order chi connectivity index (χ0) is 20.1. The fourth-order valence-electron chi connectivity index (χ4n) is 3.40. The minimum absolute atomic E-state index is 0.236. The minimum atomic E-state index is -0.628. The Morgan fingerprint density at radius 1 is 1.07 bits per heavy atom. The number of nitrogens with one attached hydrogen (secondary N) is 2. The van der Waals surface area contributed by atoms with E-state index >= 15 is 0 Å². The largest absolute Gasteiger partial charge is 0.372 e. The molecule has 1 aliphatic rings. The van der Waals surface area contributed by atoms with E-state index in [0.717, 1.165) is 30.3 Å². The van der Waals surface area contributed by atoms with Crippen molar-refractivity contribution in [3.05, 3.63) is 59.7 Å². The molecule has 0 aromatic heterocycles. The molecule has 2 aromatic rings. The van der Waals surface area contributed by atoms with Crippen LogP contribution in [0.15, 0.2) is 48.5 Å². The highest BCUT2D eigenvalue weighted by atomic mass is 16.2. The van der Waals surface area contributed by atoms with Gasteiger partial charge in [-0.3, -0.25) is 9.59 Å². The van der Waals surface area contributed by atoms with Gasteiger partial charge in [-0.25, -0.2) is 0 Å². The minimum Gasteiger partial charge on any atom is -0.372 e. The molecule has 2 aromatic carbocycles. The van der Waals surface area contributed by atoms with Gasteiger partial charge in [0.25, 0.3) is 5.91 Å². The Kier molecular flexibility index (Phi) is 6.34. The molecule has 1 fully saturated rings. The number of anilines is 2. The maximum Gasteiger partial charge on any atom is 0.251 e. The molecule has 1 saturated heterocycles. The molecule has 0 saturated carbocycles. The van der Waals surface area contributed by atoms with Gasteiger partial charge in [0.05, 0.1) is 0 Å². The number of nitrogens with zero attached hydrogens (tertiary/aromatic N) is 1. The summed E-state index contributed by atoms with van der Waals surface area (Å²) >= 11 is 0. The van der Waals surface area contributed by atoms with Crippen molar-refractivity contribution in [2.24, 2.45) is 5.92 Å². The Morgan fingerprint density at radius 2 is 1.75 bits per heavy atom. The Morgan fingerprint density at radius 3 is 2.39 bits per heavy atom. The topological polar surface area (TPSA) is 61.4 Å². The summed E-state index contributed by atoms with van der Waals surface area (Å²) in [7, 11) is 0. The Hall–Kier alpha value is -2.82. The quantitative estimate of drug-likeness (QED) is 0.826. The average Bonchev–Trinajstić information content (AvgIpc) is 2.69. The molecule has 3 rings (SSSR count). The Balaban J connectivity index is 1.54. The second-order valence-corrected chi connectivity index (χ2v) is 7.77. The summed E-state index contributed by atoms with van der Waals surface area (Å²) in [4.78, 5) is 27.1. The fraction of sp³-hybridized carbons (Fsp3) is 0.391. The highest BCUT2D eigenvalue weighted by Gasteiger charge is 2.18. The summed E-state index contributed by atoms with van der Waals surface area (Å²) in [6.45, 7) is 8.08. The van der Waals surface area contributed by atoms with Crippen LogP contribution in [0, 0.1) is 12.8 Å². The van der Waals surface area contributed by atoms with Crippen LogP contribution in [-0.4, -0.2) is 30.9 Å². The number of hydrogen-bond donors (Lipinski definition) is 2. The van der Waals surface area contributed by atoms with E-state index in [1.165, 1.54) is 18.5 Å². The van der Waals surface area contributed by atoms with Gasteiger partial charge in [0.1, 0.15) is 6.04 Å². The summed E-state index contributed by atoms with van der Waals surface area (Å²) < 4.78 is 0. The van der Waals surface area contributed by atoms with E-state index in [0.29, 0.717) is 5.56 Å². The van der Waals surface area contributed by atoms with Gasteiger partial charge in [0.15, 0.2) is 0 Å². The zero-order valence-corrected chi connectivity index (χ0v) is 16.9. The first kappa shape index (κ1) is 19.9. The fourth-order valence-corrected chi connectivity index (χ4v) is 3.40. The van der Waals surface area contributed by atoms with Crippen LogP contribution < -0.4 is 15.5 Å². The predicted molar refractivity (Wildman–Crippen MR) is 114 cm³/mol. The van der Waals surface area contributed by atoms with Gasteiger partial charge in [-0.2, -0.15) is 0 Å². The summed E-state index contributed by atoms with van der Waals surface area (Å²) in [6.07, 6.45) is 2.44. The van der Waals surface area contributed by atoms with Crippen LogP contribution in [0.4, 0.5) is 11.4 Å². The average molecular weight is 380 g/mol. The monoisotopic (exact) mass is 379 g/mol. The summed E-state index contributed by atoms with van der Waals surface area (Å²) in [5.41, 5.74) is 3.48. The van der Waals surface area contributed by atoms with Crippen LogP contribution in [0.25, 0.3) is 0 Å². The maximum atomic E-state index is 12.4. The van der Waals surface area contributed by atoms with Crippen molar-refractivity contribution in [3.8, 4) is 0 Å². The molecule has 1 aliphatic heterocycles. The smallest absolute Gasteiger partial charge is 0.251 e. The molecule has 0 radical (unpaired) electrons. The van der Waals surface area contributed by atoms with Crippen molar-refractivity contribution in [1.29, 1.82) is 0 Å². The van der Waals surface area contributed by atoms with E-state index in [9.17, 15) is 9.59 Å². The number of benzene rings is 2. The van der Waals surface area contributed by atoms with Gasteiger partial charge < -0.3 is 15.5 Å². The molecular weight excluding hydrogens is 350 g/mol. The third-order valence-electron chi connectivity index (χ3n) is 5.30. The molecule has 148 valence electrons. The predicted octanol–water partition coefficient (Wildman–Crippen LogP) is 3.99. The second-order valence-electron chi connectivity index (χ2n) is 7.77. The molecule has 5 heteroatoms. The normalized spacial score (nSPS) is 15.8. The van der Waals surface area contributed by atoms with Crippen LogP contribution >= 0.6 is 0 Å². The van der Waals surface area contributed by atoms with Crippen molar-refractivity contribution >= 4 is 23.2 Å². The molecule has 2 amide bonds. The van der Waals surface area contributed by atoms with Gasteiger partial charge in [-0.05, 0) is 69.0 Å². The number of carbonyl (C=O) groups is 2. The molecule has 0 unspecified atom stereocenters. The molecular formula is C23H29N3O2. The highest BCUT2D eigenvalue weighted by molar-refractivity contribution is 6.01. The highest BCUT2D eigenvalue weighted by Crippen LogP contribution is 2.24. The maximum absolute atomic E-state index is 12.4. The van der Waals surface area contributed by atoms with E-state index in [1.807, 2.05) is 43.3 Å². The first-order valence-corrected chi connectivity index (χ1v) is 9.96. The van der Waals surface area contributed by atoms with E-state index in [4.69, 9.17) is 0 Å². The molecule has 0 bridgehead atoms. The van der Waals surface area contributed by atoms with E-state index < -0.39 is 6.04 Å². The van der Waals surface area contributed by atoms with Gasteiger partial charge in [-0.1, -0.05) is 24.6 Å². The second kappa shape index (κ2) is 8.91. The molecule has 5 nitrogen and oxygen atoms in total. The number of rotatable bonds is 5. The molecule has 2 N–H and O–H groups in total. The number of carbonyl (C=O) groups excluding carboxylic acids is 2. The first-order valence-electron chi connectivity index (χ1n) is 9.96. The van der Waals surface area contributed by atoms with Crippen molar-refractivity contribution in [2.45, 2.75) is 39.7 Å². The van der Waals surface area contributed by atoms with Crippen molar-refractivity contribution in [3.63, 3.8) is 0 Å². The first-order chi connectivity index (χ1) is 13.4. The Labute approximate surface area is 167 Å². The third kappa shape index (κ3) is 5.12. The number of amides is 2. The molecule has 1 heterocycles. The van der Waals surface area contributed by atoms with Gasteiger partial charge in [-0.15, -0.1) is 0 Å². The molecule has 1 atom stereocenters. The zero-order valence-electron chi connectivity index (χ0n) is 16.9. The standard InChI is InChI=1S/C23H29N3O2/c1-16-11-13-26(14-12-16)21-9-7-20(8-10-21)25-22(27)18(3)24-23(28)19-6-4-5-17(2)15-19/h4-10,15-16,18H,11-14H2,1-3H3,(H,24,28)(H,25,27)/t18-/m0/s1. The number of piperidine rings is 1. The van der Waals surface area contributed by atoms with Crippen LogP contribution in [0.3, 0.4) is 0 Å². The van der Waals surface area contributed by atoms with E-state index in [-0.39, 0.29) is 11.8 Å². The van der Waals surface area contributed by atoms with Crippen LogP contribution in [0.2, 0.25) is 0 Å². The molecule has 28 heavy (non-hydrogen) atoms. The van der Waals surface area contributed by atoms with Crippen LogP contribution in [0.5, 0.6) is 0 Å². The van der Waals surface area contributed by atoms with Crippen LogP contribution in [-0.2, 0) is 4.79 Å². The van der Waals surface area contributed by atoms with Crippen LogP contribution in [0.1, 0.15) is 42.6 Å². The number of aryl methyl sites for hydroxylation is 1. The summed E-state index contributed by atoms with van der Waals surface area (Å²) in [5.74, 6) is 0.313. The SMILES string of the molecule is Cc1cccc(C(=O)N[C@@H](C)C(=O)Nc2ccc(N3CCC(C)CC3)cc2)c1. The lowest BCUT2D eigenvalue weighted by Crippen LogP contribution is -2.41. The summed E-state index contributed by atoms with van der Waals surface area (Å²) in [5, 5.41) is 5.63. The lowest BCUT2D eigenvalue weighted by Gasteiger charge is -2.32. The van der Waals surface area contributed by atoms with Gasteiger partial charge >= 0.3 is 0 Å². The lowest BCUT2D eigenvalue weighted by molar-refractivity contribution is -0.117. The van der Waals surface area contributed by atoms with Crippen molar-refractivity contribution < 1.29 is 9.59 Å². The molecule has 0 aliphatic carbocycles. The van der Waals surface area contributed by atoms with Crippen molar-refractivity contribution in [1.82, 2.24) is 5.32 Å². The van der Waals surface area contributed by atoms with E-state index in [1.54, 1.807) is 19.1 Å². The number of hydrogen-bond acceptors (Lipinski definition) is 3. The van der Waals surface area contributed by atoms with E-state index in [2.05, 4.69) is 22.5 Å². The third-order valence-corrected chi connectivity index (χ3v) is 5.30.